The third-order valence-electron chi connectivity index (χ3n) is 3.99. The van der Waals surface area contributed by atoms with Crippen molar-refractivity contribution < 1.29 is 0 Å². The number of aryl methyl sites for hydroxylation is 1. The maximum atomic E-state index is 12.2. The fourth-order valence-electron chi connectivity index (χ4n) is 2.93. The number of hydrogen-bond acceptors (Lipinski definition) is 2. The number of rotatable bonds is 1. The summed E-state index contributed by atoms with van der Waals surface area (Å²) in [5, 5.41) is 1.40. The summed E-state index contributed by atoms with van der Waals surface area (Å²) in [4.78, 5) is 16.5. The van der Waals surface area contributed by atoms with Crippen molar-refractivity contribution in [2.24, 2.45) is 0 Å². The Morgan fingerprint density at radius 3 is 2.68 bits per heavy atom. The van der Waals surface area contributed by atoms with E-state index in [2.05, 4.69) is 15.6 Å². The van der Waals surface area contributed by atoms with Gasteiger partial charge in [0.2, 0.25) is 0 Å². The molecule has 3 aromatic rings. The number of aromatic nitrogens is 2. The van der Waals surface area contributed by atoms with Crippen molar-refractivity contribution in [3.05, 3.63) is 75.3 Å². The van der Waals surface area contributed by atoms with E-state index in [-0.39, 0.29) is 5.56 Å². The van der Waals surface area contributed by atoms with E-state index in [1.54, 1.807) is 0 Å². The molecule has 0 unspecified atom stereocenters. The Bertz CT molecular complexity index is 955. The number of allylic oxidation sites excluding steroid dienone is 1. The molecule has 0 saturated carbocycles. The van der Waals surface area contributed by atoms with Crippen LogP contribution in [0.5, 0.6) is 0 Å². The van der Waals surface area contributed by atoms with Crippen molar-refractivity contribution >= 4 is 34.2 Å². The lowest BCUT2D eigenvalue weighted by molar-refractivity contribution is 0.772. The van der Waals surface area contributed by atoms with Crippen LogP contribution in [0.25, 0.3) is 22.6 Å². The molecule has 22 heavy (non-hydrogen) atoms. The summed E-state index contributed by atoms with van der Waals surface area (Å²) >= 11 is 5.92. The summed E-state index contributed by atoms with van der Waals surface area (Å²) in [6, 6.07) is 15.3. The number of fused-ring (bicyclic) bond motifs is 3. The van der Waals surface area contributed by atoms with Crippen molar-refractivity contribution in [3.8, 4) is 0 Å². The molecule has 108 valence electrons. The van der Waals surface area contributed by atoms with Gasteiger partial charge in [0.05, 0.1) is 10.9 Å². The van der Waals surface area contributed by atoms with Crippen LogP contribution in [0.15, 0.2) is 53.3 Å². The van der Waals surface area contributed by atoms with Crippen LogP contribution in [0.3, 0.4) is 0 Å². The van der Waals surface area contributed by atoms with Crippen LogP contribution in [0, 0.1) is 0 Å². The average Bonchev–Trinajstić information content (AvgIpc) is 2.93. The van der Waals surface area contributed by atoms with Gasteiger partial charge in [0.15, 0.2) is 0 Å². The number of benzene rings is 2. The lowest BCUT2D eigenvalue weighted by atomic mass is 10.1. The van der Waals surface area contributed by atoms with Crippen molar-refractivity contribution in [1.29, 1.82) is 0 Å². The van der Waals surface area contributed by atoms with Crippen LogP contribution in [-0.2, 0) is 6.54 Å². The normalized spacial score (nSPS) is 15.4. The Morgan fingerprint density at radius 1 is 1.09 bits per heavy atom. The molecule has 1 aliphatic rings. The molecule has 0 radical (unpaired) electrons. The molecule has 2 aromatic carbocycles. The van der Waals surface area contributed by atoms with E-state index in [0.717, 1.165) is 35.4 Å². The fourth-order valence-corrected chi connectivity index (χ4v) is 3.06. The van der Waals surface area contributed by atoms with Crippen LogP contribution in [0.2, 0.25) is 5.02 Å². The topological polar surface area (TPSA) is 34.9 Å². The first-order valence-electron chi connectivity index (χ1n) is 7.18. The number of halogens is 1. The second-order valence-electron chi connectivity index (χ2n) is 5.38. The van der Waals surface area contributed by atoms with Gasteiger partial charge in [-0.05, 0) is 47.9 Å². The Hall–Kier alpha value is -2.39. The summed E-state index contributed by atoms with van der Waals surface area (Å²) in [6.45, 7) is 0.850. The van der Waals surface area contributed by atoms with Crippen LogP contribution in [0.4, 0.5) is 0 Å². The molecule has 0 saturated heterocycles. The van der Waals surface area contributed by atoms with Gasteiger partial charge in [0.1, 0.15) is 5.82 Å². The lowest BCUT2D eigenvalue weighted by Crippen LogP contribution is -2.14. The zero-order valence-electron chi connectivity index (χ0n) is 11.8. The second-order valence-corrected chi connectivity index (χ2v) is 5.82. The lowest BCUT2D eigenvalue weighted by Gasteiger charge is -2.07. The van der Waals surface area contributed by atoms with Gasteiger partial charge in [0.25, 0.3) is 5.56 Å². The molecule has 1 aliphatic heterocycles. The molecule has 4 rings (SSSR count). The van der Waals surface area contributed by atoms with Gasteiger partial charge in [-0.15, -0.1) is 0 Å². The highest BCUT2D eigenvalue weighted by atomic mass is 35.5. The molecule has 0 atom stereocenters. The highest BCUT2D eigenvalue weighted by Gasteiger charge is 2.20. The Morgan fingerprint density at radius 2 is 1.86 bits per heavy atom. The molecule has 0 spiro atoms. The number of nitrogens with zero attached hydrogens (tertiary/aromatic N) is 2. The molecule has 1 aromatic heterocycles. The first-order valence-corrected chi connectivity index (χ1v) is 7.56. The van der Waals surface area contributed by atoms with Gasteiger partial charge in [-0.25, -0.2) is 0 Å². The Balaban J connectivity index is 1.89. The molecule has 0 bridgehead atoms. The minimum Gasteiger partial charge on any atom is -0.325 e. The zero-order valence-corrected chi connectivity index (χ0v) is 12.5. The first-order chi connectivity index (χ1) is 10.7. The van der Waals surface area contributed by atoms with Crippen LogP contribution in [-0.4, -0.2) is 9.55 Å². The third kappa shape index (κ3) is 2.14. The quantitative estimate of drug-likeness (QED) is 0.681. The fraction of sp³-hybridized carbons (Fsp3) is 0.111. The minimum atomic E-state index is -0.161. The molecule has 2 heterocycles. The minimum absolute atomic E-state index is 0.161. The van der Waals surface area contributed by atoms with Crippen molar-refractivity contribution in [2.75, 3.05) is 0 Å². The average molecular weight is 309 g/mol. The summed E-state index contributed by atoms with van der Waals surface area (Å²) in [7, 11) is 0. The molecule has 0 aliphatic carbocycles. The summed E-state index contributed by atoms with van der Waals surface area (Å²) in [5.74, 6) is 0.777. The molecule has 0 fully saturated rings. The second kappa shape index (κ2) is 5.11. The smallest absolute Gasteiger partial charge is 0.281 e. The Labute approximate surface area is 132 Å². The molecular formula is C18H13ClN2O. The predicted octanol–water partition coefficient (Wildman–Crippen LogP) is 3.99. The van der Waals surface area contributed by atoms with Gasteiger partial charge in [0, 0.05) is 11.6 Å². The van der Waals surface area contributed by atoms with Crippen molar-refractivity contribution in [3.63, 3.8) is 0 Å². The van der Waals surface area contributed by atoms with Gasteiger partial charge < -0.3 is 4.57 Å². The van der Waals surface area contributed by atoms with Crippen LogP contribution in [0.1, 0.15) is 17.8 Å². The summed E-state index contributed by atoms with van der Waals surface area (Å²) in [6.07, 6.45) is 2.96. The molecular weight excluding hydrogens is 296 g/mol. The highest BCUT2D eigenvalue weighted by molar-refractivity contribution is 6.30. The van der Waals surface area contributed by atoms with E-state index in [0.29, 0.717) is 10.4 Å². The van der Waals surface area contributed by atoms with E-state index in [1.807, 2.05) is 48.5 Å². The molecule has 4 heteroatoms. The van der Waals surface area contributed by atoms with Crippen LogP contribution < -0.4 is 5.56 Å². The largest absolute Gasteiger partial charge is 0.325 e. The third-order valence-corrected chi connectivity index (χ3v) is 4.24. The standard InChI is InChI=1S/C18H13ClN2O/c19-14-7-5-12(6-8-14)11-13-9-10-21-16-4-2-1-3-15(16)18(22)20-17(13)21/h1-8,11H,9-10H2/b13-11+. The van der Waals surface area contributed by atoms with Crippen LogP contribution >= 0.6 is 11.6 Å². The van der Waals surface area contributed by atoms with E-state index < -0.39 is 0 Å². The van der Waals surface area contributed by atoms with Crippen molar-refractivity contribution in [2.45, 2.75) is 13.0 Å². The van der Waals surface area contributed by atoms with Gasteiger partial charge in [-0.1, -0.05) is 35.9 Å². The zero-order chi connectivity index (χ0) is 15.1. The monoisotopic (exact) mass is 308 g/mol. The first kappa shape index (κ1) is 13.3. The maximum Gasteiger partial charge on any atom is 0.281 e. The number of para-hydroxylation sites is 1. The number of hydrogen-bond donors (Lipinski definition) is 0. The molecule has 0 N–H and O–H groups in total. The maximum absolute atomic E-state index is 12.2. The SMILES string of the molecule is O=c1nc2n(c3ccccc13)CC/C2=C\c1ccc(Cl)cc1. The van der Waals surface area contributed by atoms with E-state index in [1.165, 1.54) is 0 Å². The van der Waals surface area contributed by atoms with E-state index in [4.69, 9.17) is 11.6 Å². The Kier molecular flexibility index (Phi) is 3.09. The van der Waals surface area contributed by atoms with Gasteiger partial charge in [-0.2, -0.15) is 4.98 Å². The predicted molar refractivity (Wildman–Crippen MR) is 89.9 cm³/mol. The van der Waals surface area contributed by atoms with E-state index in [9.17, 15) is 4.79 Å². The highest BCUT2D eigenvalue weighted by Crippen LogP contribution is 2.29. The molecule has 3 nitrogen and oxygen atoms in total. The van der Waals surface area contributed by atoms with Gasteiger partial charge in [-0.3, -0.25) is 4.79 Å². The summed E-state index contributed by atoms with van der Waals surface area (Å²) < 4.78 is 2.12. The van der Waals surface area contributed by atoms with E-state index >= 15 is 0 Å². The van der Waals surface area contributed by atoms with Gasteiger partial charge >= 0.3 is 0 Å². The summed E-state index contributed by atoms with van der Waals surface area (Å²) in [5.41, 5.74) is 2.95. The molecule has 0 amide bonds. The van der Waals surface area contributed by atoms with Crippen molar-refractivity contribution in [1.82, 2.24) is 9.55 Å².